The number of fused-ring (bicyclic) bond motifs is 1. The van der Waals surface area contributed by atoms with Crippen molar-refractivity contribution in [3.63, 3.8) is 0 Å². The smallest absolute Gasteiger partial charge is 0.295 e. The van der Waals surface area contributed by atoms with E-state index in [-0.39, 0.29) is 18.1 Å². The SMILES string of the molecule is O=C1C(=O)N(CC[NH+]2CCOCC2)[C@H](c2cccc(Cl)c2)C1=C(O)c1ccc2c(c1)OCO2. The standard InChI is InChI=1S/C24H23ClN2O6/c25-17-3-1-2-15(12-17)21-20(22(28)16-4-5-18-19(13-16)33-14-32-18)23(29)24(30)27(21)7-6-26-8-10-31-11-9-26/h1-5,12-13,21,28H,6-11,14H2/p+1/t21-/m1/s1. The van der Waals surface area contributed by atoms with Gasteiger partial charge in [-0.25, -0.2) is 0 Å². The molecule has 2 fully saturated rings. The summed E-state index contributed by atoms with van der Waals surface area (Å²) in [5.74, 6) is -0.560. The van der Waals surface area contributed by atoms with Crippen LogP contribution in [0.4, 0.5) is 0 Å². The first-order valence-electron chi connectivity index (χ1n) is 10.9. The number of hydrogen-bond acceptors (Lipinski definition) is 6. The summed E-state index contributed by atoms with van der Waals surface area (Å²) >= 11 is 6.24. The quantitative estimate of drug-likeness (QED) is 0.389. The maximum absolute atomic E-state index is 13.2. The summed E-state index contributed by atoms with van der Waals surface area (Å²) in [6.45, 7) is 4.20. The molecule has 5 rings (SSSR count). The average Bonchev–Trinajstić information content (AvgIpc) is 3.40. The van der Waals surface area contributed by atoms with E-state index in [0.717, 1.165) is 13.1 Å². The first kappa shape index (κ1) is 21.8. The molecular weight excluding hydrogens is 448 g/mol. The highest BCUT2D eigenvalue weighted by atomic mass is 35.5. The second-order valence-corrected chi connectivity index (χ2v) is 8.66. The third-order valence-corrected chi connectivity index (χ3v) is 6.49. The van der Waals surface area contributed by atoms with Crippen molar-refractivity contribution in [2.24, 2.45) is 0 Å². The van der Waals surface area contributed by atoms with E-state index in [1.165, 1.54) is 9.80 Å². The number of aliphatic hydroxyl groups is 1. The molecule has 8 nitrogen and oxygen atoms in total. The van der Waals surface area contributed by atoms with Gasteiger partial charge in [-0.3, -0.25) is 9.59 Å². The minimum atomic E-state index is -0.741. The Morgan fingerprint density at radius 2 is 1.88 bits per heavy atom. The van der Waals surface area contributed by atoms with Crippen LogP contribution >= 0.6 is 11.6 Å². The van der Waals surface area contributed by atoms with Crippen molar-refractivity contribution in [2.45, 2.75) is 6.04 Å². The molecule has 0 unspecified atom stereocenters. The maximum Gasteiger partial charge on any atom is 0.295 e. The lowest BCUT2D eigenvalue weighted by Crippen LogP contribution is -3.14. The zero-order valence-corrected chi connectivity index (χ0v) is 18.6. The van der Waals surface area contributed by atoms with E-state index in [2.05, 4.69) is 0 Å². The molecule has 0 spiro atoms. The van der Waals surface area contributed by atoms with Crippen LogP contribution in [0.2, 0.25) is 5.02 Å². The van der Waals surface area contributed by atoms with Crippen LogP contribution in [-0.4, -0.2) is 67.9 Å². The minimum Gasteiger partial charge on any atom is -0.507 e. The number of ether oxygens (including phenoxy) is 3. The molecule has 2 N–H and O–H groups in total. The van der Waals surface area contributed by atoms with Gasteiger partial charge in [0.2, 0.25) is 6.79 Å². The fourth-order valence-electron chi connectivity index (χ4n) is 4.52. The summed E-state index contributed by atoms with van der Waals surface area (Å²) in [4.78, 5) is 29.1. The van der Waals surface area contributed by atoms with E-state index in [9.17, 15) is 14.7 Å². The van der Waals surface area contributed by atoms with Gasteiger partial charge in [0.25, 0.3) is 11.7 Å². The Labute approximate surface area is 195 Å². The number of likely N-dealkylation sites (tertiary alicyclic amines) is 1. The normalized spacial score (nSPS) is 22.2. The van der Waals surface area contributed by atoms with Crippen molar-refractivity contribution in [3.05, 3.63) is 64.2 Å². The number of quaternary nitrogens is 1. The predicted octanol–water partition coefficient (Wildman–Crippen LogP) is 1.41. The molecule has 3 aliphatic rings. The van der Waals surface area contributed by atoms with E-state index in [1.54, 1.807) is 36.4 Å². The van der Waals surface area contributed by atoms with Crippen LogP contribution in [0.15, 0.2) is 48.0 Å². The van der Waals surface area contributed by atoms with Gasteiger partial charge in [0.05, 0.1) is 37.9 Å². The molecule has 0 bridgehead atoms. The van der Waals surface area contributed by atoms with E-state index in [1.807, 2.05) is 6.07 Å². The number of nitrogens with zero attached hydrogens (tertiary/aromatic N) is 1. The van der Waals surface area contributed by atoms with Crippen molar-refractivity contribution in [1.29, 1.82) is 0 Å². The summed E-state index contributed by atoms with van der Waals surface area (Å²) in [6.07, 6.45) is 0. The Bertz CT molecular complexity index is 1130. The molecule has 2 aromatic rings. The highest BCUT2D eigenvalue weighted by Gasteiger charge is 2.46. The number of hydrogen-bond donors (Lipinski definition) is 2. The Kier molecular flexibility index (Phi) is 5.97. The van der Waals surface area contributed by atoms with Crippen LogP contribution in [0.5, 0.6) is 11.5 Å². The van der Waals surface area contributed by atoms with E-state index in [0.29, 0.717) is 54.0 Å². The molecular formula is C24H24ClN2O6+. The van der Waals surface area contributed by atoms with E-state index in [4.69, 9.17) is 25.8 Å². The molecule has 172 valence electrons. The molecule has 2 saturated heterocycles. The zero-order valence-electron chi connectivity index (χ0n) is 17.9. The van der Waals surface area contributed by atoms with Gasteiger partial charge < -0.3 is 29.1 Å². The lowest BCUT2D eigenvalue weighted by molar-refractivity contribution is -0.907. The van der Waals surface area contributed by atoms with E-state index >= 15 is 0 Å². The van der Waals surface area contributed by atoms with Crippen molar-refractivity contribution < 1.29 is 33.8 Å². The van der Waals surface area contributed by atoms with Crippen molar-refractivity contribution in [3.8, 4) is 11.5 Å². The second-order valence-electron chi connectivity index (χ2n) is 8.23. The number of ketones is 1. The molecule has 1 amide bonds. The van der Waals surface area contributed by atoms with E-state index < -0.39 is 17.7 Å². The third-order valence-electron chi connectivity index (χ3n) is 6.26. The minimum absolute atomic E-state index is 0.0399. The Morgan fingerprint density at radius 3 is 2.67 bits per heavy atom. The zero-order chi connectivity index (χ0) is 22.9. The van der Waals surface area contributed by atoms with Gasteiger partial charge in [-0.1, -0.05) is 23.7 Å². The molecule has 0 saturated carbocycles. The maximum atomic E-state index is 13.2. The van der Waals surface area contributed by atoms with Gasteiger partial charge in [0.1, 0.15) is 18.8 Å². The van der Waals surface area contributed by atoms with Crippen LogP contribution in [0.1, 0.15) is 17.2 Å². The molecule has 2 aromatic carbocycles. The molecule has 33 heavy (non-hydrogen) atoms. The van der Waals surface area contributed by atoms with Crippen LogP contribution in [0, 0.1) is 0 Å². The Hall–Kier alpha value is -3.07. The van der Waals surface area contributed by atoms with Gasteiger partial charge in [-0.2, -0.15) is 0 Å². The second kappa shape index (κ2) is 9.05. The lowest BCUT2D eigenvalue weighted by Gasteiger charge is -2.29. The number of benzene rings is 2. The predicted molar refractivity (Wildman–Crippen MR) is 119 cm³/mol. The number of rotatable bonds is 5. The topological polar surface area (TPSA) is 89.7 Å². The molecule has 1 atom stereocenters. The van der Waals surface area contributed by atoms with Gasteiger partial charge in [0, 0.05) is 10.6 Å². The number of aliphatic hydroxyl groups excluding tert-OH is 1. The molecule has 3 aliphatic heterocycles. The monoisotopic (exact) mass is 471 g/mol. The van der Waals surface area contributed by atoms with Crippen molar-refractivity contribution in [2.75, 3.05) is 46.2 Å². The third kappa shape index (κ3) is 4.17. The van der Waals surface area contributed by atoms with Crippen molar-refractivity contribution >= 4 is 29.1 Å². The van der Waals surface area contributed by atoms with Gasteiger partial charge in [-0.05, 0) is 35.9 Å². The lowest BCUT2D eigenvalue weighted by atomic mass is 9.95. The molecule has 9 heteroatoms. The molecule has 0 aromatic heterocycles. The molecule has 0 aliphatic carbocycles. The van der Waals surface area contributed by atoms with Gasteiger partial charge in [-0.15, -0.1) is 0 Å². The highest BCUT2D eigenvalue weighted by Crippen LogP contribution is 2.41. The number of halogens is 1. The average molecular weight is 472 g/mol. The van der Waals surface area contributed by atoms with Crippen LogP contribution in [-0.2, 0) is 14.3 Å². The summed E-state index contributed by atoms with van der Waals surface area (Å²) in [7, 11) is 0. The number of Topliss-reactive ketones (excluding diaryl/α,β-unsaturated/α-hetero) is 1. The van der Waals surface area contributed by atoms with Crippen LogP contribution < -0.4 is 14.4 Å². The molecule has 0 radical (unpaired) electrons. The van der Waals surface area contributed by atoms with Gasteiger partial charge in [0.15, 0.2) is 11.5 Å². The number of carbonyl (C=O) groups excluding carboxylic acids is 2. The van der Waals surface area contributed by atoms with Crippen molar-refractivity contribution in [1.82, 2.24) is 4.90 Å². The number of amides is 1. The summed E-state index contributed by atoms with van der Waals surface area (Å²) < 4.78 is 16.2. The number of morpholine rings is 1. The highest BCUT2D eigenvalue weighted by molar-refractivity contribution is 6.46. The number of carbonyl (C=O) groups is 2. The number of nitrogens with one attached hydrogen (secondary N) is 1. The summed E-state index contributed by atoms with van der Waals surface area (Å²) in [5, 5.41) is 11.7. The van der Waals surface area contributed by atoms with Crippen LogP contribution in [0.25, 0.3) is 5.76 Å². The van der Waals surface area contributed by atoms with Crippen LogP contribution in [0.3, 0.4) is 0 Å². The Balaban J connectivity index is 1.54. The summed E-state index contributed by atoms with van der Waals surface area (Å²) in [6, 6.07) is 11.2. The fourth-order valence-corrected chi connectivity index (χ4v) is 4.72. The first-order valence-corrected chi connectivity index (χ1v) is 11.3. The first-order chi connectivity index (χ1) is 16.0. The summed E-state index contributed by atoms with van der Waals surface area (Å²) in [5.41, 5.74) is 1.09. The van der Waals surface area contributed by atoms with Gasteiger partial charge >= 0.3 is 0 Å². The fraction of sp³-hybridized carbons (Fsp3) is 0.333. The molecule has 3 heterocycles. The largest absolute Gasteiger partial charge is 0.507 e. The Morgan fingerprint density at radius 1 is 1.09 bits per heavy atom.